The Kier molecular flexibility index (Phi) is 10.6. The van der Waals surface area contributed by atoms with Gasteiger partial charge in [-0.2, -0.15) is 13.2 Å². The lowest BCUT2D eigenvalue weighted by Crippen LogP contribution is -2.48. The number of alkyl halides is 3. The number of ether oxygens (including phenoxy) is 1. The van der Waals surface area contributed by atoms with Crippen LogP contribution in [-0.2, 0) is 9.53 Å². The van der Waals surface area contributed by atoms with Gasteiger partial charge in [0.1, 0.15) is 11.6 Å². The summed E-state index contributed by atoms with van der Waals surface area (Å²) in [4.78, 5) is 12.1. The lowest BCUT2D eigenvalue weighted by Gasteiger charge is -2.28. The van der Waals surface area contributed by atoms with E-state index in [1.807, 2.05) is 0 Å². The highest BCUT2D eigenvalue weighted by atomic mass is 19.4. The van der Waals surface area contributed by atoms with Crippen molar-refractivity contribution in [3.05, 3.63) is 0 Å². The van der Waals surface area contributed by atoms with Crippen LogP contribution in [-0.4, -0.2) is 23.8 Å². The van der Waals surface area contributed by atoms with E-state index in [0.29, 0.717) is 6.42 Å². The molecule has 0 aromatic rings. The van der Waals surface area contributed by atoms with Crippen LogP contribution in [0, 0.1) is 5.92 Å². The van der Waals surface area contributed by atoms with E-state index in [1.165, 1.54) is 19.3 Å². The van der Waals surface area contributed by atoms with Gasteiger partial charge in [-0.3, -0.25) is 4.79 Å². The van der Waals surface area contributed by atoms with Crippen LogP contribution in [0.15, 0.2) is 0 Å². The van der Waals surface area contributed by atoms with Crippen LogP contribution < -0.4 is 5.73 Å². The molecule has 0 saturated heterocycles. The maximum absolute atomic E-state index is 12.9. The Bertz CT molecular complexity index is 351. The molecule has 0 spiro atoms. The van der Waals surface area contributed by atoms with E-state index in [1.54, 1.807) is 20.8 Å². The Morgan fingerprint density at radius 1 is 0.958 bits per heavy atom. The Labute approximate surface area is 144 Å². The lowest BCUT2D eigenvalue weighted by atomic mass is 9.92. The second-order valence-electron chi connectivity index (χ2n) is 7.47. The van der Waals surface area contributed by atoms with Crippen molar-refractivity contribution in [2.24, 2.45) is 11.7 Å². The van der Waals surface area contributed by atoms with Gasteiger partial charge in [0.15, 0.2) is 0 Å². The molecule has 0 amide bonds. The second-order valence-corrected chi connectivity index (χ2v) is 7.47. The first kappa shape index (κ1) is 23.2. The minimum Gasteiger partial charge on any atom is -0.460 e. The van der Waals surface area contributed by atoms with E-state index in [0.717, 1.165) is 25.7 Å². The summed E-state index contributed by atoms with van der Waals surface area (Å²) in [6.07, 6.45) is 3.73. The van der Waals surface area contributed by atoms with Crippen molar-refractivity contribution < 1.29 is 22.7 Å². The number of hydrogen-bond acceptors (Lipinski definition) is 3. The zero-order valence-corrected chi connectivity index (χ0v) is 15.5. The van der Waals surface area contributed by atoms with Crippen LogP contribution in [0.25, 0.3) is 0 Å². The van der Waals surface area contributed by atoms with Crippen LogP contribution in [0.3, 0.4) is 0 Å². The van der Waals surface area contributed by atoms with Crippen LogP contribution in [0.5, 0.6) is 0 Å². The van der Waals surface area contributed by atoms with Crippen LogP contribution in [0.2, 0.25) is 0 Å². The fourth-order valence-corrected chi connectivity index (χ4v) is 2.55. The van der Waals surface area contributed by atoms with E-state index in [4.69, 9.17) is 10.5 Å². The molecule has 6 heteroatoms. The van der Waals surface area contributed by atoms with Gasteiger partial charge in [-0.15, -0.1) is 0 Å². The smallest absolute Gasteiger partial charge is 0.404 e. The minimum absolute atomic E-state index is 0.116. The van der Waals surface area contributed by atoms with Crippen molar-refractivity contribution in [3.8, 4) is 0 Å². The quantitative estimate of drug-likeness (QED) is 0.401. The third-order valence-corrected chi connectivity index (χ3v) is 3.89. The Morgan fingerprint density at radius 2 is 1.42 bits per heavy atom. The molecule has 0 fully saturated rings. The summed E-state index contributed by atoms with van der Waals surface area (Å²) in [5, 5.41) is 0. The van der Waals surface area contributed by atoms with Gasteiger partial charge >= 0.3 is 12.1 Å². The highest BCUT2D eigenvalue weighted by Gasteiger charge is 2.45. The molecule has 0 rings (SSSR count). The van der Waals surface area contributed by atoms with Gasteiger partial charge in [-0.1, -0.05) is 58.3 Å². The highest BCUT2D eigenvalue weighted by Crippen LogP contribution is 2.29. The van der Waals surface area contributed by atoms with E-state index >= 15 is 0 Å². The predicted molar refractivity (Wildman–Crippen MR) is 90.6 cm³/mol. The summed E-state index contributed by atoms with van der Waals surface area (Å²) in [6.45, 7) is 7.06. The van der Waals surface area contributed by atoms with Gasteiger partial charge in [0.25, 0.3) is 0 Å². The number of esters is 1. The zero-order valence-electron chi connectivity index (χ0n) is 15.5. The molecule has 2 atom stereocenters. The van der Waals surface area contributed by atoms with Crippen molar-refractivity contribution in [1.29, 1.82) is 0 Å². The molecule has 0 aromatic carbocycles. The number of carbonyl (C=O) groups excluding carboxylic acids is 1. The molecule has 0 aliphatic heterocycles. The van der Waals surface area contributed by atoms with Gasteiger partial charge in [-0.25, -0.2) is 0 Å². The third kappa shape index (κ3) is 10.9. The molecule has 2 N–H and O–H groups in total. The maximum atomic E-state index is 12.9. The van der Waals surface area contributed by atoms with E-state index < -0.39 is 29.7 Å². The fourth-order valence-electron chi connectivity index (χ4n) is 2.55. The molecule has 3 nitrogen and oxygen atoms in total. The number of carbonyl (C=O) groups is 1. The molecule has 24 heavy (non-hydrogen) atoms. The maximum Gasteiger partial charge on any atom is 0.404 e. The largest absolute Gasteiger partial charge is 0.460 e. The SMILES string of the molecule is CCCCCCCCCC[C@@H](C(=O)OC(C)(C)C)[C@@H](N)C(F)(F)F. The lowest BCUT2D eigenvalue weighted by molar-refractivity contribution is -0.183. The summed E-state index contributed by atoms with van der Waals surface area (Å²) in [7, 11) is 0. The molecule has 0 heterocycles. The Balaban J connectivity index is 4.39. The normalized spacial score (nSPS) is 15.2. The molecule has 0 saturated carbocycles. The number of rotatable bonds is 11. The molecule has 0 aliphatic rings. The molecule has 144 valence electrons. The topological polar surface area (TPSA) is 52.3 Å². The predicted octanol–water partition coefficient (Wildman–Crippen LogP) is 5.36. The first-order chi connectivity index (χ1) is 11.0. The highest BCUT2D eigenvalue weighted by molar-refractivity contribution is 5.73. The van der Waals surface area contributed by atoms with E-state index in [-0.39, 0.29) is 6.42 Å². The Hall–Kier alpha value is -0.780. The van der Waals surface area contributed by atoms with Gasteiger partial charge in [-0.05, 0) is 27.2 Å². The first-order valence-corrected chi connectivity index (χ1v) is 9.04. The van der Waals surface area contributed by atoms with Gasteiger partial charge in [0, 0.05) is 0 Å². The Morgan fingerprint density at radius 3 is 1.83 bits per heavy atom. The van der Waals surface area contributed by atoms with Gasteiger partial charge in [0.2, 0.25) is 0 Å². The summed E-state index contributed by atoms with van der Waals surface area (Å²) in [5.74, 6) is -2.18. The van der Waals surface area contributed by atoms with Gasteiger partial charge < -0.3 is 10.5 Å². The molecule has 0 aromatic heterocycles. The van der Waals surface area contributed by atoms with Gasteiger partial charge in [0.05, 0.1) is 5.92 Å². The molecule has 0 bridgehead atoms. The molecular formula is C18H34F3NO2. The second kappa shape index (κ2) is 11.0. The standard InChI is InChI=1S/C18H34F3NO2/c1-5-6-7-8-9-10-11-12-13-14(15(22)18(19,20)21)16(23)24-17(2,3)4/h14-15H,5-13,22H2,1-4H3/t14-,15-/m1/s1. The van der Waals surface area contributed by atoms with Crippen molar-refractivity contribution in [2.75, 3.05) is 0 Å². The van der Waals surface area contributed by atoms with Crippen LogP contribution in [0.4, 0.5) is 13.2 Å². The molecular weight excluding hydrogens is 319 g/mol. The number of hydrogen-bond donors (Lipinski definition) is 1. The number of halogens is 3. The summed E-state index contributed by atoms with van der Waals surface area (Å²) < 4.78 is 43.8. The fraction of sp³-hybridized carbons (Fsp3) is 0.944. The third-order valence-electron chi connectivity index (χ3n) is 3.89. The zero-order chi connectivity index (χ0) is 18.8. The average Bonchev–Trinajstić information content (AvgIpc) is 2.42. The summed E-state index contributed by atoms with van der Waals surface area (Å²) in [5.41, 5.74) is 4.47. The number of unbranched alkanes of at least 4 members (excludes halogenated alkanes) is 7. The van der Waals surface area contributed by atoms with Crippen LogP contribution >= 0.6 is 0 Å². The minimum atomic E-state index is -4.60. The summed E-state index contributed by atoms with van der Waals surface area (Å²) >= 11 is 0. The van der Waals surface area contributed by atoms with Crippen molar-refractivity contribution >= 4 is 5.97 Å². The molecule has 0 radical (unpaired) electrons. The summed E-state index contributed by atoms with van der Waals surface area (Å²) in [6, 6.07) is -2.17. The molecule has 0 aliphatic carbocycles. The van der Waals surface area contributed by atoms with Crippen molar-refractivity contribution in [1.82, 2.24) is 0 Å². The van der Waals surface area contributed by atoms with E-state index in [9.17, 15) is 18.0 Å². The first-order valence-electron chi connectivity index (χ1n) is 9.04. The van der Waals surface area contributed by atoms with Crippen LogP contribution in [0.1, 0.15) is 85.5 Å². The van der Waals surface area contributed by atoms with Crippen molar-refractivity contribution in [3.63, 3.8) is 0 Å². The average molecular weight is 353 g/mol. The monoisotopic (exact) mass is 353 g/mol. The van der Waals surface area contributed by atoms with E-state index in [2.05, 4.69) is 6.92 Å². The number of nitrogens with two attached hydrogens (primary N) is 1. The van der Waals surface area contributed by atoms with Crippen molar-refractivity contribution in [2.45, 2.75) is 103 Å². The molecule has 0 unspecified atom stereocenters.